The van der Waals surface area contributed by atoms with E-state index in [9.17, 15) is 9.59 Å². The summed E-state index contributed by atoms with van der Waals surface area (Å²) < 4.78 is 15.9. The van der Waals surface area contributed by atoms with E-state index in [0.29, 0.717) is 22.7 Å². The molecule has 0 spiro atoms. The van der Waals surface area contributed by atoms with Crippen molar-refractivity contribution in [3.05, 3.63) is 83.4 Å². The van der Waals surface area contributed by atoms with Crippen LogP contribution in [0.25, 0.3) is 0 Å². The molecule has 0 aliphatic rings. The molecular weight excluding hydrogens is 400 g/mol. The normalized spacial score (nSPS) is 10.6. The second kappa shape index (κ2) is 10.0. The number of rotatable bonds is 8. The monoisotopic (exact) mass is 420 g/mol. The number of carbonyl (C=O) groups is 2. The Kier molecular flexibility index (Phi) is 6.95. The van der Waals surface area contributed by atoms with Crippen LogP contribution < -0.4 is 14.2 Å². The maximum absolute atomic E-state index is 12.4. The van der Waals surface area contributed by atoms with Crippen LogP contribution in [0.1, 0.15) is 26.3 Å². The molecule has 0 aliphatic heterocycles. The van der Waals surface area contributed by atoms with Gasteiger partial charge >= 0.3 is 11.9 Å². The smallest absolute Gasteiger partial charge is 0.343 e. The summed E-state index contributed by atoms with van der Waals surface area (Å²) >= 11 is 0. The molecule has 158 valence electrons. The molecule has 0 saturated heterocycles. The minimum Gasteiger partial charge on any atom is -0.497 e. The maximum Gasteiger partial charge on any atom is 0.343 e. The van der Waals surface area contributed by atoms with E-state index in [1.807, 2.05) is 0 Å². The number of hydrogen-bond donors (Lipinski definition) is 1. The van der Waals surface area contributed by atoms with Gasteiger partial charge in [0.1, 0.15) is 5.75 Å². The van der Waals surface area contributed by atoms with Gasteiger partial charge in [0.25, 0.3) is 0 Å². The Labute approximate surface area is 178 Å². The number of aromatic carboxylic acids is 1. The first kappa shape index (κ1) is 21.5. The summed E-state index contributed by atoms with van der Waals surface area (Å²) in [4.78, 5) is 23.3. The minimum atomic E-state index is -0.997. The molecule has 0 fully saturated rings. The number of carbonyl (C=O) groups excluding carboxylic acids is 1. The van der Waals surface area contributed by atoms with E-state index in [1.54, 1.807) is 54.6 Å². The van der Waals surface area contributed by atoms with Crippen molar-refractivity contribution >= 4 is 17.6 Å². The molecule has 0 aliphatic carbocycles. The maximum atomic E-state index is 12.4. The number of esters is 1. The molecule has 0 unspecified atom stereocenters. The zero-order valence-electron chi connectivity index (χ0n) is 16.9. The van der Waals surface area contributed by atoms with E-state index in [2.05, 4.69) is 10.2 Å². The number of ether oxygens (including phenoxy) is 3. The van der Waals surface area contributed by atoms with Crippen LogP contribution in [0.15, 0.2) is 77.0 Å². The summed E-state index contributed by atoms with van der Waals surface area (Å²) in [6.07, 6.45) is 0. The number of benzene rings is 3. The predicted molar refractivity (Wildman–Crippen MR) is 113 cm³/mol. The highest BCUT2D eigenvalue weighted by atomic mass is 16.6. The van der Waals surface area contributed by atoms with E-state index in [1.165, 1.54) is 26.4 Å². The van der Waals surface area contributed by atoms with Crippen molar-refractivity contribution < 1.29 is 28.9 Å². The second-order valence-electron chi connectivity index (χ2n) is 6.36. The van der Waals surface area contributed by atoms with E-state index < -0.39 is 11.9 Å². The third-order valence-corrected chi connectivity index (χ3v) is 4.29. The lowest BCUT2D eigenvalue weighted by molar-refractivity contribution is 0.0694. The van der Waals surface area contributed by atoms with Gasteiger partial charge in [0.15, 0.2) is 11.5 Å². The van der Waals surface area contributed by atoms with Crippen molar-refractivity contribution in [2.75, 3.05) is 14.2 Å². The standard InChI is InChI=1S/C23H20N2O6/c1-29-19-5-3-4-17(13-19)23(28)31-20-11-6-15(12-21(20)30-2)14-24-25-18-9-7-16(8-10-18)22(26)27/h3-13H,14H2,1-2H3,(H,26,27). The van der Waals surface area contributed by atoms with Crippen LogP contribution in [0.5, 0.6) is 17.2 Å². The van der Waals surface area contributed by atoms with Gasteiger partial charge in [-0.25, -0.2) is 9.59 Å². The second-order valence-corrected chi connectivity index (χ2v) is 6.36. The van der Waals surface area contributed by atoms with E-state index >= 15 is 0 Å². The fraction of sp³-hybridized carbons (Fsp3) is 0.130. The Morgan fingerprint density at radius 2 is 1.65 bits per heavy atom. The molecule has 0 bridgehead atoms. The van der Waals surface area contributed by atoms with Crippen molar-refractivity contribution in [1.82, 2.24) is 0 Å². The molecule has 0 aromatic heterocycles. The van der Waals surface area contributed by atoms with E-state index in [4.69, 9.17) is 19.3 Å². The Balaban J connectivity index is 1.67. The van der Waals surface area contributed by atoms with E-state index in [-0.39, 0.29) is 17.9 Å². The van der Waals surface area contributed by atoms with Gasteiger partial charge in [-0.3, -0.25) is 0 Å². The molecule has 0 atom stereocenters. The topological polar surface area (TPSA) is 107 Å². The zero-order chi connectivity index (χ0) is 22.2. The summed E-state index contributed by atoms with van der Waals surface area (Å²) in [6.45, 7) is 0.265. The highest BCUT2D eigenvalue weighted by Crippen LogP contribution is 2.29. The average Bonchev–Trinajstić information content (AvgIpc) is 2.80. The van der Waals surface area contributed by atoms with Crippen LogP contribution >= 0.6 is 0 Å². The molecule has 8 heteroatoms. The van der Waals surface area contributed by atoms with Gasteiger partial charge in [-0.1, -0.05) is 12.1 Å². The number of carboxylic acids is 1. The van der Waals surface area contributed by atoms with Crippen molar-refractivity contribution in [1.29, 1.82) is 0 Å². The molecule has 0 amide bonds. The van der Waals surface area contributed by atoms with Crippen LogP contribution in [0.2, 0.25) is 0 Å². The van der Waals surface area contributed by atoms with Gasteiger partial charge in [0, 0.05) is 0 Å². The molecule has 0 heterocycles. The summed E-state index contributed by atoms with van der Waals surface area (Å²) in [5.74, 6) is -0.313. The Morgan fingerprint density at radius 3 is 2.32 bits per heavy atom. The Hall–Kier alpha value is -4.20. The average molecular weight is 420 g/mol. The Bertz CT molecular complexity index is 1110. The highest BCUT2D eigenvalue weighted by Gasteiger charge is 2.13. The van der Waals surface area contributed by atoms with Crippen LogP contribution in [0, 0.1) is 0 Å². The molecular formula is C23H20N2O6. The van der Waals surface area contributed by atoms with Crippen molar-refractivity contribution in [3.63, 3.8) is 0 Å². The number of hydrogen-bond acceptors (Lipinski definition) is 7. The van der Waals surface area contributed by atoms with Crippen molar-refractivity contribution in [2.24, 2.45) is 10.2 Å². The first-order valence-electron chi connectivity index (χ1n) is 9.24. The largest absolute Gasteiger partial charge is 0.497 e. The summed E-state index contributed by atoms with van der Waals surface area (Å²) in [5, 5.41) is 17.1. The lowest BCUT2D eigenvalue weighted by Gasteiger charge is -2.11. The number of carboxylic acid groups (broad SMARTS) is 1. The van der Waals surface area contributed by atoms with Crippen molar-refractivity contribution in [3.8, 4) is 17.2 Å². The predicted octanol–water partition coefficient (Wildman–Crippen LogP) is 4.91. The summed E-state index contributed by atoms with van der Waals surface area (Å²) in [6, 6.07) is 17.8. The summed E-state index contributed by atoms with van der Waals surface area (Å²) in [5.41, 5.74) is 1.88. The third-order valence-electron chi connectivity index (χ3n) is 4.29. The van der Waals surface area contributed by atoms with Crippen LogP contribution in [-0.2, 0) is 6.54 Å². The van der Waals surface area contributed by atoms with Gasteiger partial charge in [-0.15, -0.1) is 0 Å². The minimum absolute atomic E-state index is 0.183. The lowest BCUT2D eigenvalue weighted by atomic mass is 10.2. The molecule has 3 rings (SSSR count). The highest BCUT2D eigenvalue weighted by molar-refractivity contribution is 5.91. The molecule has 3 aromatic rings. The van der Waals surface area contributed by atoms with Gasteiger partial charge < -0.3 is 19.3 Å². The third kappa shape index (κ3) is 5.66. The number of methoxy groups -OCH3 is 2. The fourth-order valence-electron chi connectivity index (χ4n) is 2.67. The van der Waals surface area contributed by atoms with E-state index in [0.717, 1.165) is 5.56 Å². The Morgan fingerprint density at radius 1 is 0.871 bits per heavy atom. The quantitative estimate of drug-likeness (QED) is 0.315. The number of nitrogens with zero attached hydrogens (tertiary/aromatic N) is 2. The number of azo groups is 1. The molecule has 31 heavy (non-hydrogen) atoms. The van der Waals surface area contributed by atoms with Crippen LogP contribution in [0.4, 0.5) is 5.69 Å². The molecule has 0 saturated carbocycles. The molecule has 1 N–H and O–H groups in total. The SMILES string of the molecule is COc1cccc(C(=O)Oc2ccc(CN=Nc3ccc(C(=O)O)cc3)cc2OC)c1. The van der Waals surface area contributed by atoms with Gasteiger partial charge in [0.05, 0.1) is 37.6 Å². The zero-order valence-corrected chi connectivity index (χ0v) is 16.9. The fourth-order valence-corrected chi connectivity index (χ4v) is 2.67. The lowest BCUT2D eigenvalue weighted by Crippen LogP contribution is -2.09. The molecule has 0 radical (unpaired) electrons. The first-order valence-corrected chi connectivity index (χ1v) is 9.24. The molecule has 3 aromatic carbocycles. The van der Waals surface area contributed by atoms with Gasteiger partial charge in [-0.05, 0) is 60.2 Å². The van der Waals surface area contributed by atoms with Crippen LogP contribution in [0.3, 0.4) is 0 Å². The van der Waals surface area contributed by atoms with Crippen molar-refractivity contribution in [2.45, 2.75) is 6.54 Å². The van der Waals surface area contributed by atoms with Crippen LogP contribution in [-0.4, -0.2) is 31.3 Å². The molecule has 8 nitrogen and oxygen atoms in total. The van der Waals surface area contributed by atoms with Gasteiger partial charge in [-0.2, -0.15) is 10.2 Å². The first-order chi connectivity index (χ1) is 15.0. The summed E-state index contributed by atoms with van der Waals surface area (Å²) in [7, 11) is 3.00. The van der Waals surface area contributed by atoms with Gasteiger partial charge in [0.2, 0.25) is 0 Å².